The Balaban J connectivity index is 2.77. The van der Waals surface area contributed by atoms with Crippen molar-refractivity contribution in [3.63, 3.8) is 0 Å². The van der Waals surface area contributed by atoms with Gasteiger partial charge in [-0.3, -0.25) is 5.32 Å². The minimum absolute atomic E-state index is 0.254. The van der Waals surface area contributed by atoms with Crippen LogP contribution in [0.4, 0.5) is 0 Å². The summed E-state index contributed by atoms with van der Waals surface area (Å²) in [6.07, 6.45) is 2.02. The Morgan fingerprint density at radius 3 is 2.58 bits per heavy atom. The third-order valence-corrected chi connectivity index (χ3v) is 3.37. The van der Waals surface area contributed by atoms with E-state index >= 15 is 0 Å². The monoisotopic (exact) mass is 283 g/mol. The van der Waals surface area contributed by atoms with Crippen molar-refractivity contribution in [1.82, 2.24) is 5.32 Å². The second kappa shape index (κ2) is 8.96. The second-order valence-electron chi connectivity index (χ2n) is 3.91. The lowest BCUT2D eigenvalue weighted by molar-refractivity contribution is -0.145. The van der Waals surface area contributed by atoms with Gasteiger partial charge in [0.1, 0.15) is 6.04 Å². The summed E-state index contributed by atoms with van der Waals surface area (Å²) in [4.78, 5) is 13.1. The fourth-order valence-corrected chi connectivity index (χ4v) is 2.07. The van der Waals surface area contributed by atoms with E-state index in [0.29, 0.717) is 19.8 Å². The summed E-state index contributed by atoms with van der Waals surface area (Å²) in [5.74, 6) is -0.254. The van der Waals surface area contributed by atoms with Crippen LogP contribution in [0.1, 0.15) is 18.5 Å². The standard InChI is InChI=1S/C14H21NO3S/c1-4-18-14(16)13(15-9-10-17-2)11-5-7-12(19-3)8-6-11/h5-8,13,15H,4,9-10H2,1-3H3. The predicted molar refractivity (Wildman–Crippen MR) is 77.5 cm³/mol. The van der Waals surface area contributed by atoms with Crippen molar-refractivity contribution in [1.29, 1.82) is 0 Å². The highest BCUT2D eigenvalue weighted by Gasteiger charge is 2.20. The normalized spacial score (nSPS) is 12.2. The number of carbonyl (C=O) groups excluding carboxylic acids is 1. The van der Waals surface area contributed by atoms with Crippen LogP contribution in [0.5, 0.6) is 0 Å². The highest BCUT2D eigenvalue weighted by molar-refractivity contribution is 7.98. The van der Waals surface area contributed by atoms with E-state index in [9.17, 15) is 4.79 Å². The van der Waals surface area contributed by atoms with E-state index in [2.05, 4.69) is 5.32 Å². The van der Waals surface area contributed by atoms with Crippen LogP contribution in [0.2, 0.25) is 0 Å². The average molecular weight is 283 g/mol. The van der Waals surface area contributed by atoms with Crippen LogP contribution in [0.25, 0.3) is 0 Å². The highest BCUT2D eigenvalue weighted by Crippen LogP contribution is 2.20. The number of esters is 1. The molecule has 0 radical (unpaired) electrons. The molecule has 1 unspecified atom stereocenters. The van der Waals surface area contributed by atoms with Crippen molar-refractivity contribution >= 4 is 17.7 Å². The Kier molecular flexibility index (Phi) is 7.55. The smallest absolute Gasteiger partial charge is 0.327 e. The van der Waals surface area contributed by atoms with Gasteiger partial charge in [0.15, 0.2) is 0 Å². The molecular weight excluding hydrogens is 262 g/mol. The second-order valence-corrected chi connectivity index (χ2v) is 4.78. The number of nitrogens with one attached hydrogen (secondary N) is 1. The molecule has 1 N–H and O–H groups in total. The Labute approximate surface area is 118 Å². The molecule has 19 heavy (non-hydrogen) atoms. The van der Waals surface area contributed by atoms with Gasteiger partial charge in [-0.25, -0.2) is 4.79 Å². The third-order valence-electron chi connectivity index (χ3n) is 2.63. The van der Waals surface area contributed by atoms with Gasteiger partial charge in [-0.15, -0.1) is 11.8 Å². The van der Waals surface area contributed by atoms with Crippen molar-refractivity contribution in [2.24, 2.45) is 0 Å². The van der Waals surface area contributed by atoms with Gasteiger partial charge in [0.2, 0.25) is 0 Å². The summed E-state index contributed by atoms with van der Waals surface area (Å²) in [5.41, 5.74) is 0.910. The molecule has 0 aliphatic heterocycles. The summed E-state index contributed by atoms with van der Waals surface area (Å²) in [6.45, 7) is 3.34. The molecule has 0 aromatic heterocycles. The first-order valence-electron chi connectivity index (χ1n) is 6.25. The number of hydrogen-bond acceptors (Lipinski definition) is 5. The Morgan fingerprint density at radius 2 is 2.05 bits per heavy atom. The molecule has 0 saturated carbocycles. The Morgan fingerprint density at radius 1 is 1.37 bits per heavy atom. The molecule has 1 aromatic carbocycles. The zero-order chi connectivity index (χ0) is 14.1. The minimum atomic E-state index is -0.439. The molecule has 4 nitrogen and oxygen atoms in total. The highest BCUT2D eigenvalue weighted by atomic mass is 32.2. The van der Waals surface area contributed by atoms with E-state index in [1.165, 1.54) is 4.90 Å². The lowest BCUT2D eigenvalue weighted by Gasteiger charge is -2.17. The molecule has 0 bridgehead atoms. The molecular formula is C14H21NO3S. The number of rotatable bonds is 8. The van der Waals surface area contributed by atoms with Crippen LogP contribution < -0.4 is 5.32 Å². The first-order valence-corrected chi connectivity index (χ1v) is 7.48. The van der Waals surface area contributed by atoms with Crippen LogP contribution in [-0.4, -0.2) is 39.1 Å². The molecule has 0 fully saturated rings. The van der Waals surface area contributed by atoms with E-state index in [0.717, 1.165) is 5.56 Å². The maximum Gasteiger partial charge on any atom is 0.327 e. The van der Waals surface area contributed by atoms with Crippen LogP contribution in [0.3, 0.4) is 0 Å². The van der Waals surface area contributed by atoms with E-state index in [-0.39, 0.29) is 5.97 Å². The maximum absolute atomic E-state index is 12.0. The Hall–Kier alpha value is -1.04. The lowest BCUT2D eigenvalue weighted by Crippen LogP contribution is -2.32. The van der Waals surface area contributed by atoms with Gasteiger partial charge in [-0.05, 0) is 30.9 Å². The molecule has 0 spiro atoms. The van der Waals surface area contributed by atoms with Crippen LogP contribution in [0, 0.1) is 0 Å². The summed E-state index contributed by atoms with van der Waals surface area (Å²) in [5, 5.41) is 3.15. The van der Waals surface area contributed by atoms with Crippen LogP contribution >= 0.6 is 11.8 Å². The van der Waals surface area contributed by atoms with Gasteiger partial charge in [0.25, 0.3) is 0 Å². The third kappa shape index (κ3) is 5.22. The SMILES string of the molecule is CCOC(=O)C(NCCOC)c1ccc(SC)cc1. The Bertz CT molecular complexity index is 381. The summed E-state index contributed by atoms with van der Waals surface area (Å²) >= 11 is 1.67. The fraction of sp³-hybridized carbons (Fsp3) is 0.500. The number of ether oxygens (including phenoxy) is 2. The predicted octanol–water partition coefficient (Wildman–Crippen LogP) is 2.25. The maximum atomic E-state index is 12.0. The number of thioether (sulfide) groups is 1. The molecule has 5 heteroatoms. The minimum Gasteiger partial charge on any atom is -0.465 e. The number of hydrogen-bond donors (Lipinski definition) is 1. The van der Waals surface area contributed by atoms with Gasteiger partial charge < -0.3 is 9.47 Å². The molecule has 1 atom stereocenters. The zero-order valence-corrected chi connectivity index (χ0v) is 12.5. The summed E-state index contributed by atoms with van der Waals surface area (Å²) in [6, 6.07) is 7.47. The zero-order valence-electron chi connectivity index (χ0n) is 11.6. The first kappa shape index (κ1) is 16.0. The van der Waals surface area contributed by atoms with E-state index in [1.807, 2.05) is 30.5 Å². The average Bonchev–Trinajstić information content (AvgIpc) is 2.44. The van der Waals surface area contributed by atoms with Gasteiger partial charge in [-0.1, -0.05) is 12.1 Å². The molecule has 106 valence electrons. The number of benzene rings is 1. The summed E-state index contributed by atoms with van der Waals surface area (Å²) in [7, 11) is 1.63. The molecule has 0 amide bonds. The van der Waals surface area contributed by atoms with Gasteiger partial charge in [-0.2, -0.15) is 0 Å². The van der Waals surface area contributed by atoms with Crippen LogP contribution in [-0.2, 0) is 14.3 Å². The number of methoxy groups -OCH3 is 1. The van der Waals surface area contributed by atoms with Gasteiger partial charge in [0.05, 0.1) is 13.2 Å². The molecule has 0 aliphatic carbocycles. The summed E-state index contributed by atoms with van der Waals surface area (Å²) < 4.78 is 10.1. The molecule has 1 rings (SSSR count). The molecule has 1 aromatic rings. The largest absolute Gasteiger partial charge is 0.465 e. The number of carbonyl (C=O) groups is 1. The topological polar surface area (TPSA) is 47.6 Å². The molecule has 0 heterocycles. The van der Waals surface area contributed by atoms with E-state index in [4.69, 9.17) is 9.47 Å². The first-order chi connectivity index (χ1) is 9.22. The van der Waals surface area contributed by atoms with Crippen molar-refractivity contribution in [2.75, 3.05) is 33.1 Å². The fourth-order valence-electron chi connectivity index (χ4n) is 1.66. The quantitative estimate of drug-likeness (QED) is 0.450. The van der Waals surface area contributed by atoms with Gasteiger partial charge >= 0.3 is 5.97 Å². The lowest BCUT2D eigenvalue weighted by atomic mass is 10.1. The van der Waals surface area contributed by atoms with Crippen molar-refractivity contribution < 1.29 is 14.3 Å². The van der Waals surface area contributed by atoms with Crippen LogP contribution in [0.15, 0.2) is 29.2 Å². The van der Waals surface area contributed by atoms with E-state index < -0.39 is 6.04 Å². The van der Waals surface area contributed by atoms with Crippen molar-refractivity contribution in [2.45, 2.75) is 17.9 Å². The van der Waals surface area contributed by atoms with Crippen molar-refractivity contribution in [3.8, 4) is 0 Å². The van der Waals surface area contributed by atoms with Gasteiger partial charge in [0, 0.05) is 18.6 Å². The van der Waals surface area contributed by atoms with E-state index in [1.54, 1.807) is 25.8 Å². The van der Waals surface area contributed by atoms with Crippen molar-refractivity contribution in [3.05, 3.63) is 29.8 Å². The molecule has 0 aliphatic rings. The molecule has 0 saturated heterocycles.